The molecule has 2 amide bonds. The molecule has 0 unspecified atom stereocenters. The zero-order valence-corrected chi connectivity index (χ0v) is 18.0. The Bertz CT molecular complexity index is 1050. The molecule has 31 heavy (non-hydrogen) atoms. The van der Waals surface area contributed by atoms with Crippen LogP contribution in [0.5, 0.6) is 0 Å². The van der Waals surface area contributed by atoms with Crippen LogP contribution < -0.4 is 5.32 Å². The maximum Gasteiger partial charge on any atom is 0.269 e. The van der Waals surface area contributed by atoms with Crippen molar-refractivity contribution in [3.63, 3.8) is 0 Å². The average molecular weight is 454 g/mol. The molecule has 1 fully saturated rings. The summed E-state index contributed by atoms with van der Waals surface area (Å²) in [7, 11) is 0. The lowest BCUT2D eigenvalue weighted by atomic mass is 10.2. The van der Waals surface area contributed by atoms with Crippen LogP contribution in [0.25, 0.3) is 6.08 Å². The van der Waals surface area contributed by atoms with E-state index >= 15 is 0 Å². The predicted octanol–water partition coefficient (Wildman–Crippen LogP) is 4.77. The molecule has 9 heteroatoms. The summed E-state index contributed by atoms with van der Waals surface area (Å²) in [5.41, 5.74) is 1.47. The van der Waals surface area contributed by atoms with Crippen molar-refractivity contribution in [2.24, 2.45) is 0 Å². The molecule has 0 aliphatic carbocycles. The van der Waals surface area contributed by atoms with Crippen LogP contribution in [0.3, 0.4) is 0 Å². The third-order valence-electron chi connectivity index (χ3n) is 4.36. The van der Waals surface area contributed by atoms with Gasteiger partial charge in [0.25, 0.3) is 11.6 Å². The highest BCUT2D eigenvalue weighted by Gasteiger charge is 2.31. The summed E-state index contributed by atoms with van der Waals surface area (Å²) in [4.78, 5) is 36.9. The fourth-order valence-electron chi connectivity index (χ4n) is 2.81. The van der Waals surface area contributed by atoms with Crippen LogP contribution in [0, 0.1) is 10.1 Å². The minimum atomic E-state index is -0.500. The highest BCUT2D eigenvalue weighted by atomic mass is 32.2. The molecule has 1 saturated heterocycles. The summed E-state index contributed by atoms with van der Waals surface area (Å²) in [6, 6.07) is 15.4. The van der Waals surface area contributed by atoms with Crippen molar-refractivity contribution in [3.8, 4) is 0 Å². The maximum atomic E-state index is 12.6. The second kappa shape index (κ2) is 10.6. The van der Waals surface area contributed by atoms with Gasteiger partial charge in [-0.05, 0) is 30.2 Å². The summed E-state index contributed by atoms with van der Waals surface area (Å²) < 4.78 is 0.472. The third kappa shape index (κ3) is 6.34. The molecule has 1 aliphatic rings. The number of hydrogen-bond donors (Lipinski definition) is 1. The van der Waals surface area contributed by atoms with E-state index in [1.165, 1.54) is 40.9 Å². The Labute approximate surface area is 189 Å². The molecular weight excluding hydrogens is 434 g/mol. The zero-order chi connectivity index (χ0) is 22.2. The molecule has 1 aliphatic heterocycles. The quantitative estimate of drug-likeness (QED) is 0.268. The molecule has 158 valence electrons. The summed E-state index contributed by atoms with van der Waals surface area (Å²) >= 11 is 6.55. The average Bonchev–Trinajstić information content (AvgIpc) is 3.02. The molecule has 0 radical (unpaired) electrons. The molecule has 2 aromatic rings. The Kier molecular flexibility index (Phi) is 7.69. The number of thioether (sulfide) groups is 1. The molecule has 0 bridgehead atoms. The van der Waals surface area contributed by atoms with E-state index in [1.54, 1.807) is 6.08 Å². The van der Waals surface area contributed by atoms with Crippen LogP contribution in [0.15, 0.2) is 71.7 Å². The summed E-state index contributed by atoms with van der Waals surface area (Å²) in [5.74, 6) is -0.399. The number of nitro benzene ring substituents is 1. The second-order valence-corrected chi connectivity index (χ2v) is 8.26. The number of amides is 2. The molecule has 0 aromatic heterocycles. The van der Waals surface area contributed by atoms with Crippen molar-refractivity contribution in [1.82, 2.24) is 4.90 Å². The molecule has 2 aromatic carbocycles. The first kappa shape index (κ1) is 22.4. The van der Waals surface area contributed by atoms with E-state index in [4.69, 9.17) is 12.2 Å². The Morgan fingerprint density at radius 1 is 1.16 bits per heavy atom. The molecule has 1 N–H and O–H groups in total. The number of hydrogen-bond acceptors (Lipinski definition) is 6. The van der Waals surface area contributed by atoms with E-state index in [2.05, 4.69) is 5.32 Å². The van der Waals surface area contributed by atoms with E-state index in [0.29, 0.717) is 27.9 Å². The maximum absolute atomic E-state index is 12.6. The van der Waals surface area contributed by atoms with Crippen LogP contribution in [0.1, 0.15) is 18.4 Å². The van der Waals surface area contributed by atoms with Gasteiger partial charge >= 0.3 is 0 Å². The standard InChI is InChI=1S/C22H19N3O4S2/c26-20(23-17-11-13-18(14-12-17)25(28)29)10-5-15-24-21(27)19(31-22(24)30)9-4-8-16-6-2-1-3-7-16/h1-4,6-9,11-14H,5,10,15H2,(H,23,26)/b8-4+,19-9-. The minimum Gasteiger partial charge on any atom is -0.326 e. The van der Waals surface area contributed by atoms with E-state index in [-0.39, 0.29) is 23.9 Å². The minimum absolute atomic E-state index is 0.0426. The summed E-state index contributed by atoms with van der Waals surface area (Å²) in [6.07, 6.45) is 6.11. The van der Waals surface area contributed by atoms with Crippen molar-refractivity contribution in [2.45, 2.75) is 12.8 Å². The number of allylic oxidation sites excluding steroid dienone is 2. The Morgan fingerprint density at radius 2 is 1.87 bits per heavy atom. The van der Waals surface area contributed by atoms with Crippen molar-refractivity contribution in [1.29, 1.82) is 0 Å². The molecule has 7 nitrogen and oxygen atoms in total. The highest BCUT2D eigenvalue weighted by molar-refractivity contribution is 8.26. The van der Waals surface area contributed by atoms with Gasteiger partial charge in [0.2, 0.25) is 5.91 Å². The van der Waals surface area contributed by atoms with Crippen molar-refractivity contribution in [3.05, 3.63) is 87.3 Å². The van der Waals surface area contributed by atoms with Gasteiger partial charge in [-0.15, -0.1) is 0 Å². The number of benzene rings is 2. The highest BCUT2D eigenvalue weighted by Crippen LogP contribution is 2.31. The number of nitrogens with zero attached hydrogens (tertiary/aromatic N) is 2. The summed E-state index contributed by atoms with van der Waals surface area (Å²) in [6.45, 7) is 0.345. The van der Waals surface area contributed by atoms with Crippen LogP contribution in [-0.4, -0.2) is 32.5 Å². The van der Waals surface area contributed by atoms with Crippen molar-refractivity contribution < 1.29 is 14.5 Å². The number of carbonyl (C=O) groups is 2. The summed E-state index contributed by atoms with van der Waals surface area (Å²) in [5, 5.41) is 13.4. The fraction of sp³-hybridized carbons (Fsp3) is 0.136. The SMILES string of the molecule is O=C(CCCN1C(=O)/C(=C/C=C/c2ccccc2)SC1=S)Nc1ccc([N+](=O)[O-])cc1. The van der Waals surface area contributed by atoms with Gasteiger partial charge < -0.3 is 5.32 Å². The van der Waals surface area contributed by atoms with E-state index < -0.39 is 4.92 Å². The topological polar surface area (TPSA) is 92.6 Å². The molecule has 0 saturated carbocycles. The van der Waals surface area contributed by atoms with Crippen LogP contribution >= 0.6 is 24.0 Å². The van der Waals surface area contributed by atoms with Gasteiger partial charge in [0.1, 0.15) is 4.32 Å². The first-order valence-electron chi connectivity index (χ1n) is 9.45. The van der Waals surface area contributed by atoms with Crippen LogP contribution in [0.4, 0.5) is 11.4 Å². The van der Waals surface area contributed by atoms with E-state index in [1.807, 2.05) is 42.5 Å². The Morgan fingerprint density at radius 3 is 2.55 bits per heavy atom. The van der Waals surface area contributed by atoms with Crippen LogP contribution in [0.2, 0.25) is 0 Å². The smallest absolute Gasteiger partial charge is 0.269 e. The first-order valence-corrected chi connectivity index (χ1v) is 10.7. The lowest BCUT2D eigenvalue weighted by molar-refractivity contribution is -0.384. The fourth-order valence-corrected chi connectivity index (χ4v) is 4.07. The van der Waals surface area contributed by atoms with E-state index in [9.17, 15) is 19.7 Å². The number of non-ortho nitro benzene ring substituents is 1. The normalized spacial score (nSPS) is 15.1. The number of nitro groups is 1. The molecule has 0 spiro atoms. The molecule has 1 heterocycles. The zero-order valence-electron chi connectivity index (χ0n) is 16.4. The first-order chi connectivity index (χ1) is 14.9. The van der Waals surface area contributed by atoms with Gasteiger partial charge in [-0.25, -0.2) is 0 Å². The number of anilines is 1. The largest absolute Gasteiger partial charge is 0.326 e. The lowest BCUT2D eigenvalue weighted by Crippen LogP contribution is -2.29. The van der Waals surface area contributed by atoms with E-state index in [0.717, 1.165) is 5.56 Å². The Balaban J connectivity index is 1.47. The van der Waals surface area contributed by atoms with Gasteiger partial charge in [-0.3, -0.25) is 24.6 Å². The molecule has 3 rings (SSSR count). The third-order valence-corrected chi connectivity index (χ3v) is 5.75. The number of rotatable bonds is 8. The van der Waals surface area contributed by atoms with Gasteiger partial charge in [0.15, 0.2) is 0 Å². The van der Waals surface area contributed by atoms with Gasteiger partial charge in [-0.1, -0.05) is 66.5 Å². The Hall–Kier alpha value is -3.30. The number of thiocarbonyl (C=S) groups is 1. The molecular formula is C22H19N3O4S2. The number of carbonyl (C=O) groups excluding carboxylic acids is 2. The van der Waals surface area contributed by atoms with Crippen molar-refractivity contribution >= 4 is 57.6 Å². The number of nitrogens with one attached hydrogen (secondary N) is 1. The van der Waals surface area contributed by atoms with Gasteiger partial charge in [-0.2, -0.15) is 0 Å². The lowest BCUT2D eigenvalue weighted by Gasteiger charge is -2.14. The molecule has 0 atom stereocenters. The van der Waals surface area contributed by atoms with Gasteiger partial charge in [0.05, 0.1) is 9.83 Å². The van der Waals surface area contributed by atoms with Crippen LogP contribution in [-0.2, 0) is 9.59 Å². The second-order valence-electron chi connectivity index (χ2n) is 6.58. The predicted molar refractivity (Wildman–Crippen MR) is 126 cm³/mol. The van der Waals surface area contributed by atoms with Gasteiger partial charge in [0, 0.05) is 30.8 Å². The van der Waals surface area contributed by atoms with Crippen molar-refractivity contribution in [2.75, 3.05) is 11.9 Å². The monoisotopic (exact) mass is 453 g/mol.